The van der Waals surface area contributed by atoms with Crippen molar-refractivity contribution < 1.29 is 34.4 Å². The van der Waals surface area contributed by atoms with E-state index in [0.717, 1.165) is 29.4 Å². The minimum absolute atomic E-state index is 0.0401. The molecule has 12 heteroatoms. The molecule has 0 unspecified atom stereocenters. The standard InChI is InChI=1S/C18H16F5N3O3S/c1-18(9-26(10-18)17(28)29)5-12-2-3-14(30(19,20,21,22)23)15(16(12)27)13-4-11(6-24)7-25-8-13/h2-4,7-8,27H,5,9-10H2,1H3,(H,28,29). The van der Waals surface area contributed by atoms with Gasteiger partial charge in [0.1, 0.15) is 16.7 Å². The van der Waals surface area contributed by atoms with Crippen LogP contribution in [0.2, 0.25) is 0 Å². The summed E-state index contributed by atoms with van der Waals surface area (Å²) in [6, 6.07) is 3.56. The van der Waals surface area contributed by atoms with E-state index in [4.69, 9.17) is 10.4 Å². The molecule has 0 bridgehead atoms. The third kappa shape index (κ3) is 4.11. The molecule has 0 atom stereocenters. The molecular weight excluding hydrogens is 433 g/mol. The number of hydrogen-bond acceptors (Lipinski definition) is 4. The van der Waals surface area contributed by atoms with Crippen molar-refractivity contribution in [2.24, 2.45) is 5.41 Å². The van der Waals surface area contributed by atoms with Crippen LogP contribution in [-0.2, 0) is 6.42 Å². The number of phenols is 1. The number of carbonyl (C=O) groups is 1. The molecule has 0 radical (unpaired) electrons. The predicted octanol–water partition coefficient (Wildman–Crippen LogP) is 5.53. The second kappa shape index (κ2) is 5.98. The predicted molar refractivity (Wildman–Crippen MR) is 98.9 cm³/mol. The fraction of sp³-hybridized carbons (Fsp3) is 0.278. The van der Waals surface area contributed by atoms with Crippen LogP contribution in [0.3, 0.4) is 0 Å². The highest BCUT2D eigenvalue weighted by molar-refractivity contribution is 8.45. The number of nitriles is 1. The first-order valence-corrected chi connectivity index (χ1v) is 10.4. The van der Waals surface area contributed by atoms with Crippen LogP contribution in [0.1, 0.15) is 18.1 Å². The number of halogens is 5. The number of aromatic nitrogens is 1. The molecular formula is C18H16F5N3O3S. The lowest BCUT2D eigenvalue weighted by Crippen LogP contribution is -2.57. The van der Waals surface area contributed by atoms with E-state index in [1.165, 1.54) is 0 Å². The van der Waals surface area contributed by atoms with Gasteiger partial charge >= 0.3 is 16.3 Å². The van der Waals surface area contributed by atoms with E-state index in [0.29, 0.717) is 0 Å². The number of aromatic hydroxyl groups is 1. The summed E-state index contributed by atoms with van der Waals surface area (Å²) in [6.07, 6.45) is 0.693. The van der Waals surface area contributed by atoms with Gasteiger partial charge in [0.2, 0.25) is 0 Å². The highest BCUT2D eigenvalue weighted by Gasteiger charge is 2.67. The van der Waals surface area contributed by atoms with Crippen LogP contribution in [-0.4, -0.2) is 39.3 Å². The van der Waals surface area contributed by atoms with Gasteiger partial charge in [0.05, 0.1) is 5.56 Å². The lowest BCUT2D eigenvalue weighted by Gasteiger charge is -2.47. The lowest BCUT2D eigenvalue weighted by molar-refractivity contribution is 0.0229. The van der Waals surface area contributed by atoms with E-state index < -0.39 is 43.5 Å². The van der Waals surface area contributed by atoms with Crippen LogP contribution >= 0.6 is 10.2 Å². The van der Waals surface area contributed by atoms with Crippen LogP contribution in [0.15, 0.2) is 35.5 Å². The molecule has 1 fully saturated rings. The van der Waals surface area contributed by atoms with Gasteiger partial charge in [-0.1, -0.05) is 32.4 Å². The quantitative estimate of drug-likeness (QED) is 0.599. The largest absolute Gasteiger partial charge is 0.507 e. The van der Waals surface area contributed by atoms with Crippen molar-refractivity contribution in [3.63, 3.8) is 0 Å². The number of amides is 1. The molecule has 30 heavy (non-hydrogen) atoms. The molecule has 162 valence electrons. The molecule has 2 heterocycles. The molecule has 0 saturated carbocycles. The van der Waals surface area contributed by atoms with Crippen molar-refractivity contribution >= 4 is 16.3 Å². The molecule has 1 aromatic heterocycles. The number of benzene rings is 1. The molecule has 1 saturated heterocycles. The van der Waals surface area contributed by atoms with E-state index in [2.05, 4.69) is 4.98 Å². The molecule has 3 rings (SSSR count). The smallest absolute Gasteiger partial charge is 0.407 e. The van der Waals surface area contributed by atoms with Gasteiger partial charge in [-0.25, -0.2) is 4.79 Å². The summed E-state index contributed by atoms with van der Waals surface area (Å²) in [5, 5.41) is 28.5. The van der Waals surface area contributed by atoms with Gasteiger partial charge < -0.3 is 15.1 Å². The van der Waals surface area contributed by atoms with Gasteiger partial charge in [0, 0.05) is 42.0 Å². The highest BCUT2D eigenvalue weighted by atomic mass is 32.5. The third-order valence-corrected chi connectivity index (χ3v) is 6.00. The Hall–Kier alpha value is -3.07. The maximum Gasteiger partial charge on any atom is 0.407 e. The Morgan fingerprint density at radius 1 is 1.27 bits per heavy atom. The maximum atomic E-state index is 13.7. The Labute approximate surface area is 167 Å². The minimum Gasteiger partial charge on any atom is -0.507 e. The Kier molecular flexibility index (Phi) is 4.31. The number of nitrogens with zero attached hydrogens (tertiary/aromatic N) is 3. The van der Waals surface area contributed by atoms with Crippen molar-refractivity contribution in [3.05, 3.63) is 41.7 Å². The summed E-state index contributed by atoms with van der Waals surface area (Å²) in [5.74, 6) is -1.01. The van der Waals surface area contributed by atoms with E-state index >= 15 is 0 Å². The lowest BCUT2D eigenvalue weighted by atomic mass is 9.76. The van der Waals surface area contributed by atoms with Gasteiger partial charge in [0.15, 0.2) is 0 Å². The van der Waals surface area contributed by atoms with Crippen LogP contribution in [0.4, 0.5) is 24.2 Å². The zero-order valence-corrected chi connectivity index (χ0v) is 16.3. The van der Waals surface area contributed by atoms with Crippen molar-refractivity contribution in [1.82, 2.24) is 9.88 Å². The molecule has 6 nitrogen and oxygen atoms in total. The Balaban J connectivity index is 2.16. The first kappa shape index (κ1) is 21.6. The second-order valence-electron chi connectivity index (χ2n) is 7.62. The van der Waals surface area contributed by atoms with Crippen LogP contribution in [0, 0.1) is 16.7 Å². The fourth-order valence-electron chi connectivity index (χ4n) is 3.58. The molecule has 2 aromatic rings. The summed E-state index contributed by atoms with van der Waals surface area (Å²) >= 11 is 0. The summed E-state index contributed by atoms with van der Waals surface area (Å²) in [4.78, 5) is 13.4. The topological polar surface area (TPSA) is 97.5 Å². The maximum absolute atomic E-state index is 13.7. The number of phenolic OH excluding ortho intramolecular Hbond substituents is 1. The Morgan fingerprint density at radius 2 is 1.90 bits per heavy atom. The molecule has 2 N–H and O–H groups in total. The van der Waals surface area contributed by atoms with Crippen molar-refractivity contribution in [2.75, 3.05) is 13.1 Å². The van der Waals surface area contributed by atoms with Gasteiger partial charge in [-0.15, -0.1) is 0 Å². The molecule has 1 aromatic carbocycles. The van der Waals surface area contributed by atoms with Crippen LogP contribution in [0.5, 0.6) is 5.75 Å². The third-order valence-electron chi connectivity index (χ3n) is 4.83. The van der Waals surface area contributed by atoms with Gasteiger partial charge in [-0.3, -0.25) is 4.98 Å². The average Bonchev–Trinajstić information content (AvgIpc) is 2.58. The Morgan fingerprint density at radius 3 is 2.43 bits per heavy atom. The number of hydrogen-bond donors (Lipinski definition) is 2. The number of pyridine rings is 1. The van der Waals surface area contributed by atoms with Crippen molar-refractivity contribution in [2.45, 2.75) is 18.2 Å². The molecule has 0 aliphatic carbocycles. The van der Waals surface area contributed by atoms with E-state index in [-0.39, 0.29) is 36.7 Å². The SMILES string of the molecule is CC1(Cc2ccc(S(F)(F)(F)(F)F)c(-c3cncc(C#N)c3)c2O)CN(C(=O)O)C1. The number of carboxylic acid groups (broad SMARTS) is 1. The second-order valence-corrected chi connectivity index (χ2v) is 9.99. The molecule has 1 aliphatic rings. The number of rotatable bonds is 4. The van der Waals surface area contributed by atoms with Crippen molar-refractivity contribution in [1.29, 1.82) is 5.26 Å². The van der Waals surface area contributed by atoms with Crippen molar-refractivity contribution in [3.8, 4) is 22.9 Å². The Bertz CT molecular complexity index is 1090. The fourth-order valence-corrected chi connectivity index (χ4v) is 4.50. The van der Waals surface area contributed by atoms with E-state index in [1.54, 1.807) is 13.0 Å². The van der Waals surface area contributed by atoms with E-state index in [1.807, 2.05) is 0 Å². The van der Waals surface area contributed by atoms with E-state index in [9.17, 15) is 29.3 Å². The van der Waals surface area contributed by atoms with Gasteiger partial charge in [-0.2, -0.15) is 5.26 Å². The highest BCUT2D eigenvalue weighted by Crippen LogP contribution is 3.03. The van der Waals surface area contributed by atoms with Crippen LogP contribution < -0.4 is 0 Å². The zero-order valence-electron chi connectivity index (χ0n) is 15.5. The summed E-state index contributed by atoms with van der Waals surface area (Å²) < 4.78 is 68.4. The normalized spacial score (nSPS) is 18.0. The summed E-state index contributed by atoms with van der Waals surface area (Å²) in [6.45, 7) is 1.82. The average molecular weight is 449 g/mol. The summed E-state index contributed by atoms with van der Waals surface area (Å²) in [7, 11) is -10.2. The first-order valence-electron chi connectivity index (χ1n) is 8.45. The molecule has 0 spiro atoms. The first-order chi connectivity index (χ1) is 13.5. The minimum atomic E-state index is -10.2. The number of likely N-dealkylation sites (tertiary alicyclic amines) is 1. The molecule has 1 aliphatic heterocycles. The van der Waals surface area contributed by atoms with Crippen LogP contribution in [0.25, 0.3) is 11.1 Å². The zero-order chi connectivity index (χ0) is 22.6. The van der Waals surface area contributed by atoms with Gasteiger partial charge in [0.25, 0.3) is 0 Å². The monoisotopic (exact) mass is 449 g/mol. The van der Waals surface area contributed by atoms with Gasteiger partial charge in [-0.05, 0) is 24.1 Å². The summed E-state index contributed by atoms with van der Waals surface area (Å²) in [5.41, 5.74) is -2.55. The molecule has 1 amide bonds.